The molecule has 282 valence electrons. The Bertz CT molecular complexity index is 1900. The van der Waals surface area contributed by atoms with E-state index in [0.29, 0.717) is 28.7 Å². The normalized spacial score (nSPS) is 13.2. The van der Waals surface area contributed by atoms with E-state index in [2.05, 4.69) is 30.7 Å². The summed E-state index contributed by atoms with van der Waals surface area (Å²) in [6.45, 7) is 18.6. The molecule has 2 amide bonds. The van der Waals surface area contributed by atoms with Gasteiger partial charge in [-0.1, -0.05) is 27.7 Å². The second kappa shape index (κ2) is 15.8. The molecule has 4 aromatic heterocycles. The van der Waals surface area contributed by atoms with Crippen LogP contribution in [0.2, 0.25) is 0 Å². The van der Waals surface area contributed by atoms with Crippen LogP contribution in [0.15, 0.2) is 31.0 Å². The van der Waals surface area contributed by atoms with Crippen molar-refractivity contribution in [3.63, 3.8) is 0 Å². The fraction of sp³-hybridized carbons (Fsp3) is 0.559. The number of esters is 2. The van der Waals surface area contributed by atoms with Gasteiger partial charge in [0.15, 0.2) is 19.3 Å². The molecule has 0 bridgehead atoms. The summed E-state index contributed by atoms with van der Waals surface area (Å²) in [6.07, 6.45) is 5.01. The minimum atomic E-state index is -0.986. The van der Waals surface area contributed by atoms with E-state index in [1.54, 1.807) is 110 Å². The summed E-state index contributed by atoms with van der Waals surface area (Å²) >= 11 is 0. The second-order valence-electron chi connectivity index (χ2n) is 14.8. The maximum atomic E-state index is 13.2. The van der Waals surface area contributed by atoms with Crippen LogP contribution in [0.4, 0.5) is 9.59 Å². The second-order valence-corrected chi connectivity index (χ2v) is 14.8. The maximum Gasteiger partial charge on any atom is 0.408 e. The Morgan fingerprint density at radius 2 is 1.37 bits per heavy atom. The molecular weight excluding hydrogens is 676 g/mol. The van der Waals surface area contributed by atoms with Gasteiger partial charge in [0.25, 0.3) is 0 Å². The number of rotatable bonds is 12. The van der Waals surface area contributed by atoms with Crippen molar-refractivity contribution in [3.05, 3.63) is 36.8 Å². The molecule has 0 saturated carbocycles. The topological polar surface area (TPSA) is 208 Å². The molecule has 0 fully saturated rings. The van der Waals surface area contributed by atoms with Crippen LogP contribution in [0.1, 0.15) is 75.1 Å². The van der Waals surface area contributed by atoms with Crippen LogP contribution in [0.25, 0.3) is 28.7 Å². The number of ether oxygens (including phenoxy) is 4. The van der Waals surface area contributed by atoms with Gasteiger partial charge in [0.05, 0.1) is 6.33 Å². The zero-order valence-corrected chi connectivity index (χ0v) is 31.5. The molecule has 18 heteroatoms. The van der Waals surface area contributed by atoms with Gasteiger partial charge >= 0.3 is 24.1 Å². The number of hydrogen-bond acceptors (Lipinski definition) is 13. The van der Waals surface area contributed by atoms with E-state index in [4.69, 9.17) is 23.9 Å². The summed E-state index contributed by atoms with van der Waals surface area (Å²) in [6, 6.07) is -0.201. The number of hydrogen-bond donors (Lipinski definition) is 2. The van der Waals surface area contributed by atoms with Crippen LogP contribution in [0.3, 0.4) is 0 Å². The lowest BCUT2D eigenvalue weighted by Crippen LogP contribution is -2.47. The van der Waals surface area contributed by atoms with Gasteiger partial charge in [-0.25, -0.2) is 43.8 Å². The van der Waals surface area contributed by atoms with Gasteiger partial charge in [0, 0.05) is 18.6 Å². The van der Waals surface area contributed by atoms with Gasteiger partial charge < -0.3 is 34.1 Å². The molecule has 2 atom stereocenters. The number of aromatic nitrogens is 8. The van der Waals surface area contributed by atoms with Crippen LogP contribution in [-0.4, -0.2) is 86.1 Å². The Balaban J connectivity index is 1.56. The van der Waals surface area contributed by atoms with Crippen molar-refractivity contribution in [2.45, 2.75) is 113 Å². The molecule has 18 nitrogen and oxygen atoms in total. The Morgan fingerprint density at radius 1 is 0.808 bits per heavy atom. The van der Waals surface area contributed by atoms with E-state index in [1.807, 2.05) is 0 Å². The van der Waals surface area contributed by atoms with Gasteiger partial charge in [0.1, 0.15) is 46.2 Å². The van der Waals surface area contributed by atoms with E-state index < -0.39 is 47.4 Å². The number of alkyl carbamates (subject to hydrolysis) is 2. The van der Waals surface area contributed by atoms with Crippen LogP contribution >= 0.6 is 0 Å². The summed E-state index contributed by atoms with van der Waals surface area (Å²) in [5.41, 5.74) is -0.216. The lowest BCUT2D eigenvalue weighted by atomic mass is 10.1. The first-order chi connectivity index (χ1) is 24.2. The minimum Gasteiger partial charge on any atom is -0.444 e. The lowest BCUT2D eigenvalue weighted by molar-refractivity contribution is -0.152. The van der Waals surface area contributed by atoms with Crippen LogP contribution in [0, 0.1) is 18.8 Å². The molecule has 0 aromatic carbocycles. The van der Waals surface area contributed by atoms with E-state index in [1.165, 1.54) is 11.0 Å². The summed E-state index contributed by atoms with van der Waals surface area (Å²) in [4.78, 5) is 69.2. The highest BCUT2D eigenvalue weighted by molar-refractivity contribution is 5.82. The highest BCUT2D eigenvalue weighted by Crippen LogP contribution is 2.31. The standard InChI is InChI=1S/C34H48N10O8/c1-19(2)23(39-31(47)51-33(6,7)8)28(45)49-17-42-15-22(36-16-42)26-25(38-30-35-13-12-14-43(26)30)27-37-21(5)41-44(27)18-50-29(46)24(20(3)4)40-32(48)52-34(9,10)11/h12-16,19-20,23-24H,17-18H2,1-11H3,(H,39,47)(H,40,48)/t23-,24-/m0/s1. The van der Waals surface area contributed by atoms with E-state index in [9.17, 15) is 19.2 Å². The smallest absolute Gasteiger partial charge is 0.408 e. The third-order valence-electron chi connectivity index (χ3n) is 7.14. The summed E-state index contributed by atoms with van der Waals surface area (Å²) < 4.78 is 26.4. The molecule has 0 saturated heterocycles. The number of amides is 2. The van der Waals surface area contributed by atoms with Crippen LogP contribution < -0.4 is 10.6 Å². The molecule has 2 N–H and O–H groups in total. The Kier molecular flexibility index (Phi) is 11.9. The quantitative estimate of drug-likeness (QED) is 0.155. The molecule has 0 aliphatic heterocycles. The first-order valence-electron chi connectivity index (χ1n) is 16.8. The molecule has 0 aliphatic rings. The van der Waals surface area contributed by atoms with Gasteiger partial charge in [-0.3, -0.25) is 4.40 Å². The molecule has 52 heavy (non-hydrogen) atoms. The number of carbonyl (C=O) groups is 4. The van der Waals surface area contributed by atoms with Crippen molar-refractivity contribution in [2.75, 3.05) is 0 Å². The van der Waals surface area contributed by atoms with Crippen LogP contribution in [0.5, 0.6) is 0 Å². The lowest BCUT2D eigenvalue weighted by Gasteiger charge is -2.24. The number of imidazole rings is 2. The van der Waals surface area contributed by atoms with Crippen molar-refractivity contribution < 1.29 is 38.1 Å². The molecule has 0 unspecified atom stereocenters. The van der Waals surface area contributed by atoms with Crippen molar-refractivity contribution in [1.29, 1.82) is 0 Å². The predicted molar refractivity (Wildman–Crippen MR) is 186 cm³/mol. The molecule has 0 spiro atoms. The predicted octanol–water partition coefficient (Wildman–Crippen LogP) is 4.26. The Hall–Kier alpha value is -5.55. The first-order valence-corrected chi connectivity index (χ1v) is 16.8. The van der Waals surface area contributed by atoms with E-state index in [-0.39, 0.29) is 31.1 Å². The zero-order valence-electron chi connectivity index (χ0n) is 31.5. The SMILES string of the molecule is Cc1nc(-c2nc3ncccn3c2-c2cn(COC(=O)[C@@H](NC(=O)OC(C)(C)C)C(C)C)cn2)n(COC(=O)[C@@H](NC(=O)OC(C)(C)C)C(C)C)n1. The number of nitrogens with one attached hydrogen (secondary N) is 2. The third-order valence-corrected chi connectivity index (χ3v) is 7.14. The highest BCUT2D eigenvalue weighted by Gasteiger charge is 2.31. The summed E-state index contributed by atoms with van der Waals surface area (Å²) in [5, 5.41) is 9.60. The van der Waals surface area contributed by atoms with Crippen molar-refractivity contribution in [2.24, 2.45) is 11.8 Å². The van der Waals surface area contributed by atoms with Gasteiger partial charge in [-0.15, -0.1) is 0 Å². The van der Waals surface area contributed by atoms with Gasteiger partial charge in [0.2, 0.25) is 5.78 Å². The molecular formula is C34H48N10O8. The average Bonchev–Trinajstić information content (AvgIpc) is 3.74. The number of nitrogens with zero attached hydrogens (tertiary/aromatic N) is 8. The largest absolute Gasteiger partial charge is 0.444 e. The summed E-state index contributed by atoms with van der Waals surface area (Å²) in [7, 11) is 0. The monoisotopic (exact) mass is 724 g/mol. The Morgan fingerprint density at radius 3 is 1.90 bits per heavy atom. The Labute approximate surface area is 301 Å². The highest BCUT2D eigenvalue weighted by atomic mass is 16.6. The maximum absolute atomic E-state index is 13.2. The third kappa shape index (κ3) is 10.3. The minimum absolute atomic E-state index is 0.199. The van der Waals surface area contributed by atoms with Crippen LogP contribution in [-0.2, 0) is 42.0 Å². The van der Waals surface area contributed by atoms with Gasteiger partial charge in [-0.05, 0) is 66.4 Å². The van der Waals surface area contributed by atoms with Crippen molar-refractivity contribution >= 4 is 29.9 Å². The number of carbonyl (C=O) groups excluding carboxylic acids is 4. The van der Waals surface area contributed by atoms with Crippen molar-refractivity contribution in [1.82, 2.24) is 49.3 Å². The first kappa shape index (κ1) is 39.2. The van der Waals surface area contributed by atoms with Gasteiger partial charge in [-0.2, -0.15) is 5.10 Å². The average molecular weight is 725 g/mol. The van der Waals surface area contributed by atoms with E-state index >= 15 is 0 Å². The van der Waals surface area contributed by atoms with E-state index in [0.717, 1.165) is 0 Å². The number of aryl methyl sites for hydroxylation is 1. The molecule has 4 rings (SSSR count). The van der Waals surface area contributed by atoms with Crippen molar-refractivity contribution in [3.8, 4) is 22.9 Å². The molecule has 4 aromatic rings. The zero-order chi connectivity index (χ0) is 38.5. The molecule has 0 aliphatic carbocycles. The fourth-order valence-electron chi connectivity index (χ4n) is 4.87. The number of fused-ring (bicyclic) bond motifs is 1. The molecule has 4 heterocycles. The summed E-state index contributed by atoms with van der Waals surface area (Å²) in [5.74, 6) is -0.926. The molecule has 0 radical (unpaired) electrons. The fourth-order valence-corrected chi connectivity index (χ4v) is 4.87.